The summed E-state index contributed by atoms with van der Waals surface area (Å²) >= 11 is 0. The maximum atomic E-state index is 12.0. The third kappa shape index (κ3) is 3.99. The number of hydrogen-bond donors (Lipinski definition) is 3. The highest BCUT2D eigenvalue weighted by Gasteiger charge is 2.19. The van der Waals surface area contributed by atoms with E-state index >= 15 is 0 Å². The first kappa shape index (κ1) is 17.0. The van der Waals surface area contributed by atoms with E-state index in [0.717, 1.165) is 29.8 Å². The molecule has 1 aliphatic carbocycles. The van der Waals surface area contributed by atoms with Crippen molar-refractivity contribution in [2.24, 2.45) is 7.05 Å². The molecule has 7 nitrogen and oxygen atoms in total. The molecule has 1 aliphatic rings. The number of hydrogen-bond acceptors (Lipinski definition) is 3. The van der Waals surface area contributed by atoms with Crippen LogP contribution in [-0.4, -0.2) is 26.9 Å². The fourth-order valence-corrected chi connectivity index (χ4v) is 3.14. The maximum Gasteiger partial charge on any atom is 0.335 e. The minimum Gasteiger partial charge on any atom is -0.478 e. The number of carbonyl (C=O) groups is 2. The lowest BCUT2D eigenvalue weighted by Gasteiger charge is -2.12. The van der Waals surface area contributed by atoms with Gasteiger partial charge >= 0.3 is 12.0 Å². The molecule has 0 unspecified atom stereocenters. The second kappa shape index (κ2) is 7.38. The van der Waals surface area contributed by atoms with Gasteiger partial charge in [0.1, 0.15) is 0 Å². The average molecular weight is 342 g/mol. The molecule has 1 aromatic heterocycles. The van der Waals surface area contributed by atoms with E-state index in [9.17, 15) is 9.59 Å². The normalized spacial score (nSPS) is 13.2. The van der Waals surface area contributed by atoms with Crippen LogP contribution >= 0.6 is 0 Å². The lowest BCUT2D eigenvalue weighted by atomic mass is 9.96. The maximum absolute atomic E-state index is 12.0. The van der Waals surface area contributed by atoms with Gasteiger partial charge in [0.05, 0.1) is 23.5 Å². The van der Waals surface area contributed by atoms with E-state index in [0.29, 0.717) is 13.1 Å². The average Bonchev–Trinajstić information content (AvgIpc) is 2.93. The molecule has 1 heterocycles. The van der Waals surface area contributed by atoms with Crippen LogP contribution in [0.3, 0.4) is 0 Å². The van der Waals surface area contributed by atoms with Crippen LogP contribution in [0.2, 0.25) is 0 Å². The minimum absolute atomic E-state index is 0.231. The summed E-state index contributed by atoms with van der Waals surface area (Å²) in [6, 6.07) is 6.19. The lowest BCUT2D eigenvalue weighted by molar-refractivity contribution is 0.0697. The number of carbonyl (C=O) groups excluding carboxylic acids is 1. The second-order valence-corrected chi connectivity index (χ2v) is 6.24. The number of urea groups is 1. The number of nitrogens with one attached hydrogen (secondary N) is 2. The topological polar surface area (TPSA) is 96.3 Å². The van der Waals surface area contributed by atoms with E-state index < -0.39 is 5.97 Å². The van der Waals surface area contributed by atoms with Gasteiger partial charge in [0, 0.05) is 13.6 Å². The first-order valence-electron chi connectivity index (χ1n) is 8.42. The zero-order chi connectivity index (χ0) is 17.8. The predicted octanol–water partition coefficient (Wildman–Crippen LogP) is 2.00. The Kier molecular flexibility index (Phi) is 5.02. The van der Waals surface area contributed by atoms with E-state index in [1.54, 1.807) is 12.1 Å². The quantitative estimate of drug-likeness (QED) is 0.774. The largest absolute Gasteiger partial charge is 0.478 e. The Balaban J connectivity index is 1.52. The molecule has 0 fully saturated rings. The van der Waals surface area contributed by atoms with E-state index in [-0.39, 0.29) is 11.6 Å². The molecule has 0 bridgehead atoms. The third-order valence-corrected chi connectivity index (χ3v) is 4.52. The van der Waals surface area contributed by atoms with Crippen molar-refractivity contribution in [1.29, 1.82) is 0 Å². The number of carboxylic acid groups (broad SMARTS) is 1. The van der Waals surface area contributed by atoms with Crippen LogP contribution in [0.1, 0.15) is 45.7 Å². The number of rotatable bonds is 5. The highest BCUT2D eigenvalue weighted by molar-refractivity contribution is 5.87. The first-order valence-corrected chi connectivity index (χ1v) is 8.42. The summed E-state index contributed by atoms with van der Waals surface area (Å²) in [4.78, 5) is 22.8. The monoisotopic (exact) mass is 342 g/mol. The smallest absolute Gasteiger partial charge is 0.335 e. The second-order valence-electron chi connectivity index (χ2n) is 6.24. The SMILES string of the molecule is Cn1nc2c(c1CNC(=O)NCc1ccc(C(=O)O)cc1)CCCC2. The highest BCUT2D eigenvalue weighted by atomic mass is 16.4. The fourth-order valence-electron chi connectivity index (χ4n) is 3.14. The van der Waals surface area contributed by atoms with E-state index in [1.165, 1.54) is 30.5 Å². The van der Waals surface area contributed by atoms with Crippen LogP contribution in [0.5, 0.6) is 0 Å². The summed E-state index contributed by atoms with van der Waals surface area (Å²) in [6.45, 7) is 0.790. The van der Waals surface area contributed by atoms with Crippen molar-refractivity contribution in [2.45, 2.75) is 38.8 Å². The molecule has 3 rings (SSSR count). The molecule has 132 valence electrons. The molecular formula is C18H22N4O3. The van der Waals surface area contributed by atoms with Crippen molar-refractivity contribution in [3.05, 3.63) is 52.3 Å². The molecule has 0 saturated carbocycles. The Morgan fingerprint density at radius 2 is 1.80 bits per heavy atom. The van der Waals surface area contributed by atoms with Gasteiger partial charge in [-0.15, -0.1) is 0 Å². The van der Waals surface area contributed by atoms with Crippen molar-refractivity contribution in [2.75, 3.05) is 0 Å². The molecule has 0 aliphatic heterocycles. The lowest BCUT2D eigenvalue weighted by Crippen LogP contribution is -2.35. The molecule has 1 aromatic carbocycles. The highest BCUT2D eigenvalue weighted by Crippen LogP contribution is 2.23. The Labute approximate surface area is 146 Å². The summed E-state index contributed by atoms with van der Waals surface area (Å²) in [6.07, 6.45) is 4.39. The van der Waals surface area contributed by atoms with Crippen molar-refractivity contribution in [1.82, 2.24) is 20.4 Å². The van der Waals surface area contributed by atoms with Crippen LogP contribution in [0.15, 0.2) is 24.3 Å². The van der Waals surface area contributed by atoms with E-state index in [2.05, 4.69) is 15.7 Å². The van der Waals surface area contributed by atoms with Crippen LogP contribution in [0.4, 0.5) is 4.79 Å². The summed E-state index contributed by atoms with van der Waals surface area (Å²) in [7, 11) is 1.91. The predicted molar refractivity (Wildman–Crippen MR) is 92.3 cm³/mol. The van der Waals surface area contributed by atoms with Gasteiger partial charge in [0.15, 0.2) is 0 Å². The number of amides is 2. The number of carboxylic acids is 1. The zero-order valence-corrected chi connectivity index (χ0v) is 14.2. The van der Waals surface area contributed by atoms with Crippen LogP contribution < -0.4 is 10.6 Å². The Morgan fingerprint density at radius 3 is 2.52 bits per heavy atom. The van der Waals surface area contributed by atoms with Gasteiger partial charge in [-0.2, -0.15) is 5.10 Å². The Morgan fingerprint density at radius 1 is 1.12 bits per heavy atom. The molecule has 0 saturated heterocycles. The number of nitrogens with zero attached hydrogens (tertiary/aromatic N) is 2. The van der Waals surface area contributed by atoms with Gasteiger partial charge in [-0.3, -0.25) is 4.68 Å². The first-order chi connectivity index (χ1) is 12.0. The van der Waals surface area contributed by atoms with E-state index in [1.807, 2.05) is 11.7 Å². The van der Waals surface area contributed by atoms with E-state index in [4.69, 9.17) is 5.11 Å². The molecular weight excluding hydrogens is 320 g/mol. The van der Waals surface area contributed by atoms with Crippen molar-refractivity contribution in [3.63, 3.8) is 0 Å². The number of benzene rings is 1. The van der Waals surface area contributed by atoms with Gasteiger partial charge in [0.25, 0.3) is 0 Å². The fraction of sp³-hybridized carbons (Fsp3) is 0.389. The molecule has 0 atom stereocenters. The minimum atomic E-state index is -0.961. The van der Waals surface area contributed by atoms with Gasteiger partial charge in [-0.25, -0.2) is 9.59 Å². The van der Waals surface area contributed by atoms with Gasteiger partial charge < -0.3 is 15.7 Å². The van der Waals surface area contributed by atoms with Gasteiger partial charge in [0.2, 0.25) is 0 Å². The molecule has 0 radical (unpaired) electrons. The summed E-state index contributed by atoms with van der Waals surface area (Å²) < 4.78 is 1.86. The van der Waals surface area contributed by atoms with Crippen LogP contribution in [0.25, 0.3) is 0 Å². The van der Waals surface area contributed by atoms with Crippen molar-refractivity contribution < 1.29 is 14.7 Å². The molecule has 3 N–H and O–H groups in total. The number of aromatic nitrogens is 2. The van der Waals surface area contributed by atoms with Crippen LogP contribution in [0, 0.1) is 0 Å². The van der Waals surface area contributed by atoms with Crippen LogP contribution in [-0.2, 0) is 33.0 Å². The Bertz CT molecular complexity index is 780. The molecule has 25 heavy (non-hydrogen) atoms. The van der Waals surface area contributed by atoms with Gasteiger partial charge in [-0.05, 0) is 48.9 Å². The molecule has 2 amide bonds. The Hall–Kier alpha value is -2.83. The summed E-state index contributed by atoms with van der Waals surface area (Å²) in [5, 5.41) is 19.1. The molecule has 7 heteroatoms. The number of aromatic carboxylic acids is 1. The number of aryl methyl sites for hydroxylation is 2. The van der Waals surface area contributed by atoms with Gasteiger partial charge in [-0.1, -0.05) is 12.1 Å². The standard InChI is InChI=1S/C18H22N4O3/c1-22-16(14-4-2-3-5-15(14)21-22)11-20-18(25)19-10-12-6-8-13(9-7-12)17(23)24/h6-9H,2-5,10-11H2,1H3,(H,23,24)(H2,19,20,25). The molecule has 0 spiro atoms. The zero-order valence-electron chi connectivity index (χ0n) is 14.2. The third-order valence-electron chi connectivity index (χ3n) is 4.52. The van der Waals surface area contributed by atoms with Crippen molar-refractivity contribution >= 4 is 12.0 Å². The number of fused-ring (bicyclic) bond motifs is 1. The van der Waals surface area contributed by atoms with Crippen molar-refractivity contribution in [3.8, 4) is 0 Å². The molecule has 2 aromatic rings. The summed E-state index contributed by atoms with van der Waals surface area (Å²) in [5.41, 5.74) is 4.57. The summed E-state index contributed by atoms with van der Waals surface area (Å²) in [5.74, 6) is -0.961.